The van der Waals surface area contributed by atoms with E-state index in [1.807, 2.05) is 6.92 Å². The Labute approximate surface area is 157 Å². The Morgan fingerprint density at radius 3 is 2.44 bits per heavy atom. The third-order valence-corrected chi connectivity index (χ3v) is 3.93. The zero-order valence-electron chi connectivity index (χ0n) is 15.5. The third-order valence-electron chi connectivity index (χ3n) is 3.93. The van der Waals surface area contributed by atoms with Gasteiger partial charge in [0.25, 0.3) is 11.8 Å². The third kappa shape index (κ3) is 4.49. The van der Waals surface area contributed by atoms with E-state index < -0.39 is 5.60 Å². The minimum absolute atomic E-state index is 0.138. The molecule has 0 unspecified atom stereocenters. The Morgan fingerprint density at radius 2 is 1.78 bits per heavy atom. The van der Waals surface area contributed by atoms with Gasteiger partial charge in [-0.15, -0.1) is 0 Å². The van der Waals surface area contributed by atoms with Crippen molar-refractivity contribution >= 4 is 23.2 Å². The average molecular weight is 370 g/mol. The maximum atomic E-state index is 12.1. The SMILES string of the molecule is CCOc1ccc(OCC(=O)Nc2ccc3c(c2)NC(=O)C(C)(C)O3)cc1. The van der Waals surface area contributed by atoms with E-state index in [-0.39, 0.29) is 18.4 Å². The average Bonchev–Trinajstić information content (AvgIpc) is 2.62. The molecule has 0 saturated heterocycles. The summed E-state index contributed by atoms with van der Waals surface area (Å²) in [7, 11) is 0. The monoisotopic (exact) mass is 370 g/mol. The molecule has 1 aliphatic rings. The van der Waals surface area contributed by atoms with Gasteiger partial charge in [0.05, 0.1) is 12.3 Å². The Balaban J connectivity index is 1.57. The van der Waals surface area contributed by atoms with Gasteiger partial charge in [0.2, 0.25) is 0 Å². The van der Waals surface area contributed by atoms with Gasteiger partial charge in [-0.2, -0.15) is 0 Å². The highest BCUT2D eigenvalue weighted by Crippen LogP contribution is 2.35. The fourth-order valence-electron chi connectivity index (χ4n) is 2.53. The number of hydrogen-bond donors (Lipinski definition) is 2. The molecule has 2 amide bonds. The van der Waals surface area contributed by atoms with Gasteiger partial charge in [-0.3, -0.25) is 9.59 Å². The molecular formula is C20H22N2O5. The molecule has 0 bridgehead atoms. The second kappa shape index (κ2) is 7.57. The first kappa shape index (κ1) is 18.6. The fourth-order valence-corrected chi connectivity index (χ4v) is 2.53. The quantitative estimate of drug-likeness (QED) is 0.815. The fraction of sp³-hybridized carbons (Fsp3) is 0.300. The van der Waals surface area contributed by atoms with Crippen molar-refractivity contribution in [3.63, 3.8) is 0 Å². The highest BCUT2D eigenvalue weighted by Gasteiger charge is 2.35. The van der Waals surface area contributed by atoms with Crippen LogP contribution >= 0.6 is 0 Å². The molecule has 0 aliphatic carbocycles. The van der Waals surface area contributed by atoms with E-state index >= 15 is 0 Å². The van der Waals surface area contributed by atoms with E-state index in [4.69, 9.17) is 14.2 Å². The van der Waals surface area contributed by atoms with Crippen LogP contribution in [0.5, 0.6) is 17.2 Å². The summed E-state index contributed by atoms with van der Waals surface area (Å²) in [6.45, 7) is 5.75. The normalized spacial score (nSPS) is 14.4. The summed E-state index contributed by atoms with van der Waals surface area (Å²) >= 11 is 0. The Kier molecular flexibility index (Phi) is 5.21. The summed E-state index contributed by atoms with van der Waals surface area (Å²) in [5.41, 5.74) is 0.130. The van der Waals surface area contributed by atoms with Crippen LogP contribution in [0, 0.1) is 0 Å². The van der Waals surface area contributed by atoms with Crippen molar-refractivity contribution in [3.8, 4) is 17.2 Å². The zero-order valence-corrected chi connectivity index (χ0v) is 15.5. The lowest BCUT2D eigenvalue weighted by molar-refractivity contribution is -0.129. The van der Waals surface area contributed by atoms with E-state index in [9.17, 15) is 9.59 Å². The van der Waals surface area contributed by atoms with Crippen molar-refractivity contribution in [1.29, 1.82) is 0 Å². The molecular weight excluding hydrogens is 348 g/mol. The maximum absolute atomic E-state index is 12.1. The van der Waals surface area contributed by atoms with Crippen molar-refractivity contribution < 1.29 is 23.8 Å². The number of rotatable bonds is 6. The largest absolute Gasteiger partial charge is 0.494 e. The van der Waals surface area contributed by atoms with E-state index in [0.29, 0.717) is 29.5 Å². The van der Waals surface area contributed by atoms with Crippen molar-refractivity contribution in [3.05, 3.63) is 42.5 Å². The van der Waals surface area contributed by atoms with E-state index in [1.165, 1.54) is 0 Å². The van der Waals surface area contributed by atoms with Crippen LogP contribution in [0.25, 0.3) is 0 Å². The minimum Gasteiger partial charge on any atom is -0.494 e. The summed E-state index contributed by atoms with van der Waals surface area (Å²) in [5.74, 6) is 1.32. The molecule has 2 N–H and O–H groups in total. The molecule has 0 saturated carbocycles. The number of fused-ring (bicyclic) bond motifs is 1. The van der Waals surface area contributed by atoms with Crippen LogP contribution in [0.1, 0.15) is 20.8 Å². The van der Waals surface area contributed by atoms with Crippen molar-refractivity contribution in [2.45, 2.75) is 26.4 Å². The van der Waals surface area contributed by atoms with E-state index in [0.717, 1.165) is 5.75 Å². The van der Waals surface area contributed by atoms with Crippen LogP contribution in [0.15, 0.2) is 42.5 Å². The number of amides is 2. The van der Waals surface area contributed by atoms with Crippen molar-refractivity contribution in [1.82, 2.24) is 0 Å². The molecule has 27 heavy (non-hydrogen) atoms. The summed E-state index contributed by atoms with van der Waals surface area (Å²) in [6, 6.07) is 12.1. The molecule has 0 fully saturated rings. The van der Waals surface area contributed by atoms with Crippen LogP contribution in [-0.2, 0) is 9.59 Å². The number of nitrogens with one attached hydrogen (secondary N) is 2. The van der Waals surface area contributed by atoms with Gasteiger partial charge in [-0.25, -0.2) is 0 Å². The summed E-state index contributed by atoms with van der Waals surface area (Å²) in [4.78, 5) is 24.1. The molecule has 1 heterocycles. The molecule has 1 aliphatic heterocycles. The van der Waals surface area contributed by atoms with Crippen LogP contribution in [-0.4, -0.2) is 30.6 Å². The first-order chi connectivity index (χ1) is 12.9. The number of carbonyl (C=O) groups is 2. The van der Waals surface area contributed by atoms with Gasteiger partial charge in [0.1, 0.15) is 17.2 Å². The second-order valence-corrected chi connectivity index (χ2v) is 6.52. The van der Waals surface area contributed by atoms with Crippen LogP contribution < -0.4 is 24.8 Å². The minimum atomic E-state index is -0.927. The first-order valence-corrected chi connectivity index (χ1v) is 8.67. The van der Waals surface area contributed by atoms with Crippen LogP contribution in [0.4, 0.5) is 11.4 Å². The maximum Gasteiger partial charge on any atom is 0.268 e. The van der Waals surface area contributed by atoms with Crippen molar-refractivity contribution in [2.75, 3.05) is 23.8 Å². The van der Waals surface area contributed by atoms with Gasteiger partial charge in [0.15, 0.2) is 12.2 Å². The number of ether oxygens (including phenoxy) is 3. The molecule has 0 aromatic heterocycles. The molecule has 2 aromatic rings. The molecule has 2 aromatic carbocycles. The summed E-state index contributed by atoms with van der Waals surface area (Å²) in [6.07, 6.45) is 0. The number of benzene rings is 2. The second-order valence-electron chi connectivity index (χ2n) is 6.52. The van der Waals surface area contributed by atoms with Gasteiger partial charge in [-0.1, -0.05) is 0 Å². The summed E-state index contributed by atoms with van der Waals surface area (Å²) < 4.78 is 16.5. The lowest BCUT2D eigenvalue weighted by atomic mass is 10.1. The predicted molar refractivity (Wildman–Crippen MR) is 102 cm³/mol. The van der Waals surface area contributed by atoms with E-state index in [2.05, 4.69) is 10.6 Å². The summed E-state index contributed by atoms with van der Waals surface area (Å²) in [5, 5.41) is 5.51. The topological polar surface area (TPSA) is 85.9 Å². The molecule has 0 radical (unpaired) electrons. The van der Waals surface area contributed by atoms with Gasteiger partial charge in [-0.05, 0) is 63.2 Å². The smallest absolute Gasteiger partial charge is 0.268 e. The van der Waals surface area contributed by atoms with Crippen LogP contribution in [0.3, 0.4) is 0 Å². The number of hydrogen-bond acceptors (Lipinski definition) is 5. The Bertz CT molecular complexity index is 846. The van der Waals surface area contributed by atoms with Gasteiger partial charge < -0.3 is 24.8 Å². The Hall–Kier alpha value is -3.22. The molecule has 7 nitrogen and oxygen atoms in total. The number of anilines is 2. The lowest BCUT2D eigenvalue weighted by Gasteiger charge is -2.31. The lowest BCUT2D eigenvalue weighted by Crippen LogP contribution is -2.45. The van der Waals surface area contributed by atoms with Crippen LogP contribution in [0.2, 0.25) is 0 Å². The molecule has 3 rings (SSSR count). The molecule has 0 atom stereocenters. The zero-order chi connectivity index (χ0) is 19.4. The highest BCUT2D eigenvalue weighted by atomic mass is 16.5. The van der Waals surface area contributed by atoms with Gasteiger partial charge >= 0.3 is 0 Å². The standard InChI is InChI=1S/C20H22N2O5/c1-4-25-14-6-8-15(9-7-14)26-12-18(23)21-13-5-10-17-16(11-13)22-19(24)20(2,3)27-17/h5-11H,4,12H2,1-3H3,(H,21,23)(H,22,24). The molecule has 0 spiro atoms. The molecule has 7 heteroatoms. The predicted octanol–water partition coefficient (Wildman–Crippen LogP) is 3.21. The molecule has 142 valence electrons. The van der Waals surface area contributed by atoms with E-state index in [1.54, 1.807) is 56.3 Å². The number of carbonyl (C=O) groups excluding carboxylic acids is 2. The first-order valence-electron chi connectivity index (χ1n) is 8.67. The highest BCUT2D eigenvalue weighted by molar-refractivity contribution is 6.01. The van der Waals surface area contributed by atoms with Gasteiger partial charge in [0, 0.05) is 5.69 Å². The van der Waals surface area contributed by atoms with Crippen molar-refractivity contribution in [2.24, 2.45) is 0 Å². The Morgan fingerprint density at radius 1 is 1.11 bits per heavy atom.